The summed E-state index contributed by atoms with van der Waals surface area (Å²) in [7, 11) is 0. The third kappa shape index (κ3) is 2.53. The molecular weight excluding hydrogens is 157 g/mol. The number of aromatic amines is 1. The van der Waals surface area contributed by atoms with Crippen LogP contribution in [0, 0.1) is 6.92 Å². The first-order valence-corrected chi connectivity index (χ1v) is 3.92. The van der Waals surface area contributed by atoms with E-state index in [-0.39, 0.29) is 0 Å². The Morgan fingerprint density at radius 3 is 2.75 bits per heavy atom. The van der Waals surface area contributed by atoms with E-state index in [0.717, 1.165) is 11.4 Å². The van der Waals surface area contributed by atoms with Crippen LogP contribution in [0.4, 0.5) is 10.1 Å². The Bertz CT molecular complexity index is 249. The van der Waals surface area contributed by atoms with Crippen LogP contribution in [-0.2, 0) is 0 Å². The number of hydrogen-bond acceptors (Lipinski definition) is 2. The largest absolute Gasteiger partial charge is 0.379 e. The maximum absolute atomic E-state index is 13.0. The molecule has 0 atom stereocenters. The Kier molecular flexibility index (Phi) is 2.35. The van der Waals surface area contributed by atoms with E-state index in [2.05, 4.69) is 15.5 Å². The van der Waals surface area contributed by atoms with Crippen molar-refractivity contribution in [1.29, 1.82) is 0 Å². The summed E-state index contributed by atoms with van der Waals surface area (Å²) in [4.78, 5) is 0. The molecule has 0 fully saturated rings. The van der Waals surface area contributed by atoms with E-state index < -0.39 is 5.67 Å². The SMILES string of the molecule is Cc1[nH]ncc1NCC(C)(C)F. The van der Waals surface area contributed by atoms with E-state index in [4.69, 9.17) is 0 Å². The first-order chi connectivity index (χ1) is 5.49. The van der Waals surface area contributed by atoms with Crippen molar-refractivity contribution in [3.05, 3.63) is 11.9 Å². The highest BCUT2D eigenvalue weighted by Gasteiger charge is 2.15. The molecule has 0 unspecified atom stereocenters. The number of nitrogens with one attached hydrogen (secondary N) is 2. The average molecular weight is 171 g/mol. The number of aryl methyl sites for hydroxylation is 1. The lowest BCUT2D eigenvalue weighted by atomic mass is 10.2. The molecule has 2 N–H and O–H groups in total. The third-order valence-electron chi connectivity index (χ3n) is 1.53. The number of hydrogen-bond donors (Lipinski definition) is 2. The fourth-order valence-corrected chi connectivity index (χ4v) is 0.834. The third-order valence-corrected chi connectivity index (χ3v) is 1.53. The number of aromatic nitrogens is 2. The van der Waals surface area contributed by atoms with Gasteiger partial charge in [-0.1, -0.05) is 0 Å². The summed E-state index contributed by atoms with van der Waals surface area (Å²) in [5.74, 6) is 0. The summed E-state index contributed by atoms with van der Waals surface area (Å²) in [5.41, 5.74) is 0.601. The van der Waals surface area contributed by atoms with E-state index in [1.165, 1.54) is 13.8 Å². The second kappa shape index (κ2) is 3.13. The predicted molar refractivity (Wildman–Crippen MR) is 47.0 cm³/mol. The van der Waals surface area contributed by atoms with Gasteiger partial charge in [0.05, 0.1) is 17.6 Å². The highest BCUT2D eigenvalue weighted by molar-refractivity contribution is 5.45. The average Bonchev–Trinajstić information content (AvgIpc) is 2.29. The molecular formula is C8H14FN3. The topological polar surface area (TPSA) is 40.7 Å². The van der Waals surface area contributed by atoms with Crippen molar-refractivity contribution in [1.82, 2.24) is 10.2 Å². The number of anilines is 1. The molecule has 12 heavy (non-hydrogen) atoms. The smallest absolute Gasteiger partial charge is 0.122 e. The summed E-state index contributed by atoms with van der Waals surface area (Å²) < 4.78 is 13.0. The van der Waals surface area contributed by atoms with Gasteiger partial charge in [-0.3, -0.25) is 5.10 Å². The lowest BCUT2D eigenvalue weighted by Gasteiger charge is -2.14. The standard InChI is InChI=1S/C8H14FN3/c1-6-7(4-11-12-6)10-5-8(2,3)9/h4,10H,5H2,1-3H3,(H,11,12). The van der Waals surface area contributed by atoms with Crippen molar-refractivity contribution in [2.75, 3.05) is 11.9 Å². The molecule has 0 amide bonds. The Balaban J connectivity index is 2.49. The maximum Gasteiger partial charge on any atom is 0.122 e. The van der Waals surface area contributed by atoms with Gasteiger partial charge in [0.1, 0.15) is 5.67 Å². The van der Waals surface area contributed by atoms with Crippen LogP contribution >= 0.6 is 0 Å². The van der Waals surface area contributed by atoms with E-state index in [9.17, 15) is 4.39 Å². The molecule has 0 spiro atoms. The van der Waals surface area contributed by atoms with Gasteiger partial charge in [0.25, 0.3) is 0 Å². The molecule has 0 aromatic carbocycles. The van der Waals surface area contributed by atoms with Gasteiger partial charge >= 0.3 is 0 Å². The molecule has 3 nitrogen and oxygen atoms in total. The molecule has 1 rings (SSSR count). The fraction of sp³-hybridized carbons (Fsp3) is 0.625. The highest BCUT2D eigenvalue weighted by Crippen LogP contribution is 2.13. The van der Waals surface area contributed by atoms with E-state index in [1.807, 2.05) is 6.92 Å². The molecule has 0 aliphatic rings. The zero-order valence-electron chi connectivity index (χ0n) is 7.61. The zero-order valence-corrected chi connectivity index (χ0v) is 7.61. The normalized spacial score (nSPS) is 11.7. The zero-order chi connectivity index (χ0) is 9.19. The molecule has 0 aliphatic carbocycles. The van der Waals surface area contributed by atoms with Crippen LogP contribution in [0.5, 0.6) is 0 Å². The Labute approximate surface area is 71.4 Å². The summed E-state index contributed by atoms with van der Waals surface area (Å²) >= 11 is 0. The minimum absolute atomic E-state index is 0.299. The second-order valence-electron chi connectivity index (χ2n) is 3.48. The monoisotopic (exact) mass is 171 g/mol. The van der Waals surface area contributed by atoms with E-state index in [0.29, 0.717) is 6.54 Å². The molecule has 1 aromatic rings. The molecule has 1 aromatic heterocycles. The Morgan fingerprint density at radius 2 is 2.33 bits per heavy atom. The molecule has 0 radical (unpaired) electrons. The van der Waals surface area contributed by atoms with Crippen LogP contribution < -0.4 is 5.32 Å². The van der Waals surface area contributed by atoms with Gasteiger partial charge in [-0.05, 0) is 20.8 Å². The number of H-pyrrole nitrogens is 1. The van der Waals surface area contributed by atoms with Crippen LogP contribution in [0.15, 0.2) is 6.20 Å². The quantitative estimate of drug-likeness (QED) is 0.729. The second-order valence-corrected chi connectivity index (χ2v) is 3.48. The van der Waals surface area contributed by atoms with Gasteiger partial charge in [-0.2, -0.15) is 5.10 Å². The van der Waals surface area contributed by atoms with Crippen LogP contribution in [0.1, 0.15) is 19.5 Å². The number of nitrogens with zero attached hydrogens (tertiary/aromatic N) is 1. The summed E-state index contributed by atoms with van der Waals surface area (Å²) in [6, 6.07) is 0. The van der Waals surface area contributed by atoms with Gasteiger partial charge in [-0.25, -0.2) is 4.39 Å². The van der Waals surface area contributed by atoms with Gasteiger partial charge in [0.15, 0.2) is 0 Å². The highest BCUT2D eigenvalue weighted by atomic mass is 19.1. The Morgan fingerprint density at radius 1 is 1.67 bits per heavy atom. The van der Waals surface area contributed by atoms with Gasteiger partial charge in [-0.15, -0.1) is 0 Å². The first kappa shape index (κ1) is 9.03. The summed E-state index contributed by atoms with van der Waals surface area (Å²) in [5, 5.41) is 9.55. The van der Waals surface area contributed by atoms with Crippen molar-refractivity contribution in [3.63, 3.8) is 0 Å². The molecule has 68 valence electrons. The summed E-state index contributed by atoms with van der Waals surface area (Å²) in [6.07, 6.45) is 1.65. The van der Waals surface area contributed by atoms with E-state index in [1.54, 1.807) is 6.20 Å². The van der Waals surface area contributed by atoms with Crippen molar-refractivity contribution >= 4 is 5.69 Å². The Hall–Kier alpha value is -1.06. The molecule has 0 saturated heterocycles. The number of rotatable bonds is 3. The molecule has 0 aliphatic heterocycles. The van der Waals surface area contributed by atoms with Crippen LogP contribution in [0.25, 0.3) is 0 Å². The molecule has 4 heteroatoms. The number of halogens is 1. The summed E-state index contributed by atoms with van der Waals surface area (Å²) in [6.45, 7) is 5.26. The van der Waals surface area contributed by atoms with Crippen LogP contribution in [0.2, 0.25) is 0 Å². The van der Waals surface area contributed by atoms with Crippen LogP contribution in [0.3, 0.4) is 0 Å². The molecule has 0 saturated carbocycles. The predicted octanol–water partition coefficient (Wildman–Crippen LogP) is 1.88. The lowest BCUT2D eigenvalue weighted by molar-refractivity contribution is 0.235. The first-order valence-electron chi connectivity index (χ1n) is 3.92. The van der Waals surface area contributed by atoms with Crippen molar-refractivity contribution in [2.24, 2.45) is 0 Å². The molecule has 1 heterocycles. The van der Waals surface area contributed by atoms with Crippen molar-refractivity contribution in [3.8, 4) is 0 Å². The lowest BCUT2D eigenvalue weighted by Crippen LogP contribution is -2.24. The van der Waals surface area contributed by atoms with Gasteiger partial charge < -0.3 is 5.32 Å². The van der Waals surface area contributed by atoms with Crippen molar-refractivity contribution in [2.45, 2.75) is 26.4 Å². The van der Waals surface area contributed by atoms with Crippen molar-refractivity contribution < 1.29 is 4.39 Å². The minimum Gasteiger partial charge on any atom is -0.379 e. The molecule has 0 bridgehead atoms. The van der Waals surface area contributed by atoms with Gasteiger partial charge in [0.2, 0.25) is 0 Å². The number of alkyl halides is 1. The van der Waals surface area contributed by atoms with E-state index >= 15 is 0 Å². The van der Waals surface area contributed by atoms with Gasteiger partial charge in [0, 0.05) is 6.54 Å². The maximum atomic E-state index is 13.0. The van der Waals surface area contributed by atoms with Crippen LogP contribution in [-0.4, -0.2) is 22.4 Å². The fourth-order valence-electron chi connectivity index (χ4n) is 0.834. The minimum atomic E-state index is -1.19.